The molecular weight excluding hydrogens is 635 g/mol. The highest BCUT2D eigenvalue weighted by atomic mass is 19.4. The first-order valence-electron chi connectivity index (χ1n) is 16.0. The summed E-state index contributed by atoms with van der Waals surface area (Å²) in [5.74, 6) is -3.44. The number of carbonyl (C=O) groups excluding carboxylic acids is 2. The van der Waals surface area contributed by atoms with Crippen LogP contribution in [-0.4, -0.2) is 58.7 Å². The molecule has 1 aromatic heterocycles. The van der Waals surface area contributed by atoms with E-state index in [1.54, 1.807) is 39.0 Å². The predicted octanol–water partition coefficient (Wildman–Crippen LogP) is 6.28. The maximum atomic E-state index is 15.9. The molecular formula is C35H41F5N4O4. The lowest BCUT2D eigenvalue weighted by Crippen LogP contribution is -2.49. The number of nitrogens with zero attached hydrogens (tertiary/aromatic N) is 3. The molecule has 260 valence electrons. The van der Waals surface area contributed by atoms with Gasteiger partial charge in [0.25, 0.3) is 0 Å². The van der Waals surface area contributed by atoms with Crippen LogP contribution in [0.1, 0.15) is 73.5 Å². The molecule has 1 amide bonds. The highest BCUT2D eigenvalue weighted by Crippen LogP contribution is 2.40. The van der Waals surface area contributed by atoms with Crippen LogP contribution in [0.5, 0.6) is 0 Å². The number of amides is 1. The average Bonchev–Trinajstić information content (AvgIpc) is 2.98. The smallest absolute Gasteiger partial charge is 0.419 e. The van der Waals surface area contributed by atoms with Crippen molar-refractivity contribution >= 4 is 11.9 Å². The third-order valence-corrected chi connectivity index (χ3v) is 8.37. The van der Waals surface area contributed by atoms with Gasteiger partial charge in [-0.15, -0.1) is 0 Å². The molecule has 1 saturated heterocycles. The molecule has 0 saturated carbocycles. The van der Waals surface area contributed by atoms with Gasteiger partial charge in [0.1, 0.15) is 18.0 Å². The van der Waals surface area contributed by atoms with Crippen LogP contribution in [0.25, 0.3) is 11.1 Å². The topological polar surface area (TPSA) is 93.5 Å². The minimum Gasteiger partial charge on any atom is -0.466 e. The molecule has 0 radical (unpaired) electrons. The maximum absolute atomic E-state index is 15.9. The highest BCUT2D eigenvalue weighted by molar-refractivity contribution is 5.82. The van der Waals surface area contributed by atoms with Gasteiger partial charge in [-0.3, -0.25) is 19.1 Å². The summed E-state index contributed by atoms with van der Waals surface area (Å²) in [6.45, 7) is 9.69. The Morgan fingerprint density at radius 2 is 1.79 bits per heavy atom. The third-order valence-electron chi connectivity index (χ3n) is 8.37. The van der Waals surface area contributed by atoms with E-state index in [-0.39, 0.29) is 24.5 Å². The molecule has 2 aromatic carbocycles. The second-order valence-electron chi connectivity index (χ2n) is 12.7. The van der Waals surface area contributed by atoms with Crippen molar-refractivity contribution in [2.45, 2.75) is 78.3 Å². The van der Waals surface area contributed by atoms with Crippen LogP contribution < -0.4 is 11.0 Å². The van der Waals surface area contributed by atoms with Crippen molar-refractivity contribution < 1.29 is 36.3 Å². The van der Waals surface area contributed by atoms with E-state index >= 15 is 4.39 Å². The van der Waals surface area contributed by atoms with E-state index in [1.807, 2.05) is 18.7 Å². The van der Waals surface area contributed by atoms with Crippen molar-refractivity contribution in [1.82, 2.24) is 19.8 Å². The molecule has 8 nitrogen and oxygen atoms in total. The summed E-state index contributed by atoms with van der Waals surface area (Å²) in [5, 5.41) is 2.59. The van der Waals surface area contributed by atoms with E-state index in [1.165, 1.54) is 18.5 Å². The Hall–Kier alpha value is -4.13. The lowest BCUT2D eigenvalue weighted by molar-refractivity contribution is -0.144. The first-order chi connectivity index (χ1) is 22.6. The average molecular weight is 677 g/mol. The summed E-state index contributed by atoms with van der Waals surface area (Å²) < 4.78 is 78.3. The number of hydrogen-bond acceptors (Lipinski definition) is 6. The van der Waals surface area contributed by atoms with Gasteiger partial charge in [-0.2, -0.15) is 13.2 Å². The number of nitrogens with one attached hydrogen (secondary N) is 1. The molecule has 0 bridgehead atoms. The van der Waals surface area contributed by atoms with E-state index < -0.39 is 65.4 Å². The number of carbonyl (C=O) groups is 2. The Kier molecular flexibility index (Phi) is 11.8. The minimum absolute atomic E-state index is 0.0501. The first kappa shape index (κ1) is 36.7. The molecule has 1 N–H and O–H groups in total. The largest absolute Gasteiger partial charge is 0.466 e. The van der Waals surface area contributed by atoms with Gasteiger partial charge in [0.15, 0.2) is 0 Å². The molecule has 0 spiro atoms. The van der Waals surface area contributed by atoms with Gasteiger partial charge >= 0.3 is 17.8 Å². The molecule has 2 heterocycles. The number of aryl methyl sites for hydroxylation is 2. The molecule has 1 fully saturated rings. The molecule has 2 atom stereocenters. The Balaban J connectivity index is 1.78. The van der Waals surface area contributed by atoms with Crippen LogP contribution in [0.2, 0.25) is 0 Å². The lowest BCUT2D eigenvalue weighted by Gasteiger charge is -2.34. The summed E-state index contributed by atoms with van der Waals surface area (Å²) in [6, 6.07) is 4.35. The fourth-order valence-corrected chi connectivity index (χ4v) is 6.01. The van der Waals surface area contributed by atoms with Crippen molar-refractivity contribution in [2.24, 2.45) is 5.92 Å². The zero-order valence-electron chi connectivity index (χ0n) is 27.7. The normalized spacial score (nSPS) is 15.2. The van der Waals surface area contributed by atoms with E-state index in [9.17, 15) is 31.9 Å². The second kappa shape index (κ2) is 15.4. The summed E-state index contributed by atoms with van der Waals surface area (Å²) in [4.78, 5) is 45.6. The van der Waals surface area contributed by atoms with Crippen LogP contribution in [0.15, 0.2) is 47.5 Å². The molecule has 0 unspecified atom stereocenters. The first-order valence-corrected chi connectivity index (χ1v) is 16.0. The SMILES string of the molecule is CCOC(=O)C[C@H](NC(=O)[C@H](CC(C)C)n1cc(CCN2CC(F)C2)cnc1=O)c1cc(-c2c(C)cccc2C)cc(C(F)(F)F)c1F. The number of likely N-dealkylation sites (tertiary alicyclic amines) is 1. The number of esters is 1. The summed E-state index contributed by atoms with van der Waals surface area (Å²) >= 11 is 0. The lowest BCUT2D eigenvalue weighted by atomic mass is 9.90. The number of ether oxygens (including phenoxy) is 1. The summed E-state index contributed by atoms with van der Waals surface area (Å²) in [5.41, 5.74) is -0.409. The van der Waals surface area contributed by atoms with Crippen LogP contribution in [0.4, 0.5) is 22.0 Å². The van der Waals surface area contributed by atoms with Gasteiger partial charge in [-0.1, -0.05) is 32.0 Å². The van der Waals surface area contributed by atoms with Gasteiger partial charge in [0, 0.05) is 37.6 Å². The number of hydrogen-bond donors (Lipinski definition) is 1. The monoisotopic (exact) mass is 676 g/mol. The highest BCUT2D eigenvalue weighted by Gasteiger charge is 2.38. The predicted molar refractivity (Wildman–Crippen MR) is 170 cm³/mol. The van der Waals surface area contributed by atoms with Crippen molar-refractivity contribution in [3.8, 4) is 11.1 Å². The minimum atomic E-state index is -5.09. The molecule has 48 heavy (non-hydrogen) atoms. The van der Waals surface area contributed by atoms with E-state index in [2.05, 4.69) is 10.3 Å². The molecule has 4 rings (SSSR count). The zero-order chi connectivity index (χ0) is 35.3. The molecule has 0 aliphatic carbocycles. The maximum Gasteiger partial charge on any atom is 0.419 e. The molecule has 13 heteroatoms. The zero-order valence-corrected chi connectivity index (χ0v) is 27.7. The van der Waals surface area contributed by atoms with Gasteiger partial charge < -0.3 is 10.1 Å². The molecule has 1 aliphatic heterocycles. The fraction of sp³-hybridized carbons (Fsp3) is 0.486. The van der Waals surface area contributed by atoms with Gasteiger partial charge in [0.2, 0.25) is 5.91 Å². The standard InChI is InChI=1S/C35H41F5N4O4/c1-6-48-30(45)15-28(26-13-24(14-27(32(26)37)35(38,39)40)31-21(4)8-7-9-22(31)5)42-33(46)29(12-20(2)3)44-17-23(16-41-34(44)47)10-11-43-18-25(36)19-43/h7-9,13-14,16-17,20,25,28-29H,6,10-12,15,18-19H2,1-5H3,(H,42,46)/t28-,29-/m0/s1. The Morgan fingerprint density at radius 1 is 1.12 bits per heavy atom. The quantitative estimate of drug-likeness (QED) is 0.169. The Labute approximate surface area is 276 Å². The second-order valence-corrected chi connectivity index (χ2v) is 12.7. The number of benzene rings is 2. The number of halogens is 5. The van der Waals surface area contributed by atoms with Crippen LogP contribution in [-0.2, 0) is 26.9 Å². The Bertz CT molecular complexity index is 1660. The van der Waals surface area contributed by atoms with E-state index in [0.717, 1.165) is 10.6 Å². The molecule has 3 aromatic rings. The van der Waals surface area contributed by atoms with Crippen molar-refractivity contribution in [3.05, 3.63) is 86.8 Å². The third kappa shape index (κ3) is 8.86. The number of rotatable bonds is 13. The van der Waals surface area contributed by atoms with Gasteiger partial charge in [-0.05, 0) is 79.5 Å². The van der Waals surface area contributed by atoms with Crippen LogP contribution in [0, 0.1) is 25.6 Å². The summed E-state index contributed by atoms with van der Waals surface area (Å²) in [7, 11) is 0. The van der Waals surface area contributed by atoms with Crippen molar-refractivity contribution in [1.29, 1.82) is 0 Å². The fourth-order valence-electron chi connectivity index (χ4n) is 6.01. The van der Waals surface area contributed by atoms with Crippen molar-refractivity contribution in [3.63, 3.8) is 0 Å². The van der Waals surface area contributed by atoms with E-state index in [0.29, 0.717) is 48.3 Å². The molecule has 1 aliphatic rings. The number of alkyl halides is 4. The van der Waals surface area contributed by atoms with Crippen molar-refractivity contribution in [2.75, 3.05) is 26.2 Å². The van der Waals surface area contributed by atoms with Crippen LogP contribution >= 0.6 is 0 Å². The van der Waals surface area contributed by atoms with E-state index in [4.69, 9.17) is 4.74 Å². The Morgan fingerprint density at radius 3 is 2.38 bits per heavy atom. The van der Waals surface area contributed by atoms with Crippen LogP contribution in [0.3, 0.4) is 0 Å². The van der Waals surface area contributed by atoms with Gasteiger partial charge in [0.05, 0.1) is 24.6 Å². The number of aromatic nitrogens is 2. The summed E-state index contributed by atoms with van der Waals surface area (Å²) in [6.07, 6.45) is -3.22. The van der Waals surface area contributed by atoms with Gasteiger partial charge in [-0.25, -0.2) is 18.6 Å².